The van der Waals surface area contributed by atoms with Crippen LogP contribution in [0.15, 0.2) is 11.1 Å². The quantitative estimate of drug-likeness (QED) is 0.616. The van der Waals surface area contributed by atoms with Crippen molar-refractivity contribution in [2.45, 2.75) is 39.7 Å². The van der Waals surface area contributed by atoms with Gasteiger partial charge in [0.1, 0.15) is 0 Å². The fourth-order valence-corrected chi connectivity index (χ4v) is 1.35. The number of carbonyl (C=O) groups excluding carboxylic acids is 1. The summed E-state index contributed by atoms with van der Waals surface area (Å²) in [7, 11) is 0. The van der Waals surface area contributed by atoms with Gasteiger partial charge < -0.3 is 11.5 Å². The molecule has 0 fully saturated rings. The van der Waals surface area contributed by atoms with E-state index in [1.54, 1.807) is 6.92 Å². The zero-order valence-electron chi connectivity index (χ0n) is 8.05. The maximum Gasteiger partial charge on any atom is 0.246 e. The number of rotatable bonds is 4. The second-order valence-corrected chi connectivity index (χ2v) is 2.88. The largest absolute Gasteiger partial charge is 0.366 e. The van der Waals surface area contributed by atoms with Gasteiger partial charge >= 0.3 is 0 Å². The molecule has 0 aromatic rings. The van der Waals surface area contributed by atoms with Crippen LogP contribution in [0.5, 0.6) is 0 Å². The summed E-state index contributed by atoms with van der Waals surface area (Å²) in [5.41, 5.74) is 12.5. The Bertz CT molecular complexity index is 189. The van der Waals surface area contributed by atoms with Crippen molar-refractivity contribution >= 4 is 5.91 Å². The van der Waals surface area contributed by atoms with Crippen molar-refractivity contribution < 1.29 is 4.79 Å². The lowest BCUT2D eigenvalue weighted by atomic mass is 9.98. The van der Waals surface area contributed by atoms with Gasteiger partial charge in [-0.1, -0.05) is 19.4 Å². The maximum absolute atomic E-state index is 11.0. The molecule has 0 aromatic carbocycles. The van der Waals surface area contributed by atoms with Crippen LogP contribution in [0.3, 0.4) is 0 Å². The monoisotopic (exact) mass is 170 g/mol. The second kappa shape index (κ2) is 4.93. The molecular weight excluding hydrogens is 152 g/mol. The molecule has 1 amide bonds. The summed E-state index contributed by atoms with van der Waals surface area (Å²) >= 11 is 0. The van der Waals surface area contributed by atoms with Crippen LogP contribution in [-0.2, 0) is 4.79 Å². The summed E-state index contributed by atoms with van der Waals surface area (Å²) in [5.74, 6) is -0.385. The Morgan fingerprint density at radius 1 is 1.33 bits per heavy atom. The number of carbonyl (C=O) groups is 1. The van der Waals surface area contributed by atoms with Crippen LogP contribution in [0.25, 0.3) is 0 Å². The predicted octanol–water partition coefficient (Wildman–Crippen LogP) is 0.935. The fourth-order valence-electron chi connectivity index (χ4n) is 1.35. The van der Waals surface area contributed by atoms with Crippen LogP contribution in [0.4, 0.5) is 0 Å². The molecule has 0 rings (SSSR count). The topological polar surface area (TPSA) is 69.1 Å². The van der Waals surface area contributed by atoms with E-state index in [1.807, 2.05) is 13.8 Å². The highest BCUT2D eigenvalue weighted by atomic mass is 16.1. The van der Waals surface area contributed by atoms with Crippen LogP contribution in [0.2, 0.25) is 0 Å². The first-order valence-electron chi connectivity index (χ1n) is 4.31. The summed E-state index contributed by atoms with van der Waals surface area (Å²) in [5, 5.41) is 0. The molecule has 0 saturated carbocycles. The van der Waals surface area contributed by atoms with E-state index in [2.05, 4.69) is 0 Å². The second-order valence-electron chi connectivity index (χ2n) is 2.88. The highest BCUT2D eigenvalue weighted by Gasteiger charge is 2.13. The number of hydrogen-bond acceptors (Lipinski definition) is 2. The maximum atomic E-state index is 11.0. The van der Waals surface area contributed by atoms with Crippen molar-refractivity contribution in [2.75, 3.05) is 0 Å². The first-order chi connectivity index (χ1) is 5.54. The van der Waals surface area contributed by atoms with Gasteiger partial charge in [0.25, 0.3) is 0 Å². The summed E-state index contributed by atoms with van der Waals surface area (Å²) < 4.78 is 0. The lowest BCUT2D eigenvalue weighted by Crippen LogP contribution is -2.30. The number of hydrogen-bond donors (Lipinski definition) is 2. The Hall–Kier alpha value is -0.830. The number of primary amides is 1. The molecule has 0 aromatic heterocycles. The van der Waals surface area contributed by atoms with Crippen molar-refractivity contribution in [1.82, 2.24) is 0 Å². The van der Waals surface area contributed by atoms with Gasteiger partial charge in [0, 0.05) is 11.6 Å². The molecule has 0 aliphatic rings. The lowest BCUT2D eigenvalue weighted by molar-refractivity contribution is -0.114. The van der Waals surface area contributed by atoms with Gasteiger partial charge in [0.15, 0.2) is 0 Å². The molecule has 1 atom stereocenters. The van der Waals surface area contributed by atoms with Crippen molar-refractivity contribution in [3.63, 3.8) is 0 Å². The molecule has 0 radical (unpaired) electrons. The standard InChI is InChI=1S/C9H18N2O/c1-4-7(5-2)8(6(3)10)9(11)12/h6H,4-5,10H2,1-3H3,(H2,11,12). The number of allylic oxidation sites excluding steroid dienone is 1. The van der Waals surface area contributed by atoms with Crippen molar-refractivity contribution in [3.05, 3.63) is 11.1 Å². The first kappa shape index (κ1) is 11.2. The van der Waals surface area contributed by atoms with Crippen LogP contribution < -0.4 is 11.5 Å². The molecule has 0 bridgehead atoms. The lowest BCUT2D eigenvalue weighted by Gasteiger charge is -2.12. The van der Waals surface area contributed by atoms with E-state index < -0.39 is 0 Å². The normalized spacial score (nSPS) is 12.3. The summed E-state index contributed by atoms with van der Waals surface area (Å²) in [6.07, 6.45) is 1.69. The van der Waals surface area contributed by atoms with E-state index >= 15 is 0 Å². The molecule has 0 saturated heterocycles. The highest BCUT2D eigenvalue weighted by Crippen LogP contribution is 2.14. The van der Waals surface area contributed by atoms with Crippen molar-refractivity contribution in [1.29, 1.82) is 0 Å². The Balaban J connectivity index is 4.89. The Morgan fingerprint density at radius 2 is 1.75 bits per heavy atom. The molecule has 12 heavy (non-hydrogen) atoms. The van der Waals surface area contributed by atoms with Crippen LogP contribution >= 0.6 is 0 Å². The van der Waals surface area contributed by atoms with Crippen molar-refractivity contribution in [2.24, 2.45) is 11.5 Å². The van der Waals surface area contributed by atoms with E-state index in [0.717, 1.165) is 18.4 Å². The Kier molecular flexibility index (Phi) is 4.59. The summed E-state index contributed by atoms with van der Waals surface area (Å²) in [4.78, 5) is 11.0. The smallest absolute Gasteiger partial charge is 0.246 e. The molecule has 0 spiro atoms. The minimum absolute atomic E-state index is 0.252. The van der Waals surface area contributed by atoms with E-state index in [0.29, 0.717) is 5.57 Å². The zero-order chi connectivity index (χ0) is 9.72. The predicted molar refractivity (Wildman–Crippen MR) is 50.5 cm³/mol. The molecule has 0 heterocycles. The Morgan fingerprint density at radius 3 is 1.83 bits per heavy atom. The average Bonchev–Trinajstić information content (AvgIpc) is 1.98. The third-order valence-electron chi connectivity index (χ3n) is 1.96. The van der Waals surface area contributed by atoms with Gasteiger partial charge in [-0.05, 0) is 19.8 Å². The SMILES string of the molecule is CCC(CC)=C(C(N)=O)C(C)N. The molecule has 1 unspecified atom stereocenters. The van der Waals surface area contributed by atoms with E-state index in [4.69, 9.17) is 11.5 Å². The molecule has 4 N–H and O–H groups in total. The minimum atomic E-state index is -0.385. The molecule has 0 aliphatic heterocycles. The Labute approximate surface area is 73.8 Å². The van der Waals surface area contributed by atoms with Gasteiger partial charge in [0.2, 0.25) is 5.91 Å². The average molecular weight is 170 g/mol. The zero-order valence-corrected chi connectivity index (χ0v) is 8.05. The number of nitrogens with two attached hydrogens (primary N) is 2. The van der Waals surface area contributed by atoms with E-state index in [9.17, 15) is 4.79 Å². The van der Waals surface area contributed by atoms with Crippen LogP contribution in [-0.4, -0.2) is 11.9 Å². The molecule has 0 aliphatic carbocycles. The van der Waals surface area contributed by atoms with Crippen molar-refractivity contribution in [3.8, 4) is 0 Å². The van der Waals surface area contributed by atoms with Gasteiger partial charge in [-0.25, -0.2) is 0 Å². The van der Waals surface area contributed by atoms with Gasteiger partial charge in [-0.2, -0.15) is 0 Å². The van der Waals surface area contributed by atoms with E-state index in [1.165, 1.54) is 0 Å². The van der Waals surface area contributed by atoms with Gasteiger partial charge in [-0.3, -0.25) is 4.79 Å². The van der Waals surface area contributed by atoms with Gasteiger partial charge in [-0.15, -0.1) is 0 Å². The summed E-state index contributed by atoms with van der Waals surface area (Å²) in [6, 6.07) is -0.252. The van der Waals surface area contributed by atoms with Crippen LogP contribution in [0, 0.1) is 0 Å². The van der Waals surface area contributed by atoms with Gasteiger partial charge in [0.05, 0.1) is 0 Å². The molecule has 3 nitrogen and oxygen atoms in total. The molecule has 3 heteroatoms. The first-order valence-corrected chi connectivity index (χ1v) is 4.31. The highest BCUT2D eigenvalue weighted by molar-refractivity contribution is 5.93. The fraction of sp³-hybridized carbons (Fsp3) is 0.667. The third kappa shape index (κ3) is 2.66. The number of amides is 1. The van der Waals surface area contributed by atoms with E-state index in [-0.39, 0.29) is 11.9 Å². The van der Waals surface area contributed by atoms with Crippen LogP contribution in [0.1, 0.15) is 33.6 Å². The minimum Gasteiger partial charge on any atom is -0.366 e. The summed E-state index contributed by atoms with van der Waals surface area (Å²) in [6.45, 7) is 5.79. The molecular formula is C9H18N2O. The molecule has 70 valence electrons. The third-order valence-corrected chi connectivity index (χ3v) is 1.96.